The highest BCUT2D eigenvalue weighted by Crippen LogP contribution is 2.30. The second-order valence-electron chi connectivity index (χ2n) is 8.44. The van der Waals surface area contributed by atoms with Crippen LogP contribution < -0.4 is 4.90 Å². The van der Waals surface area contributed by atoms with E-state index in [0.29, 0.717) is 56.1 Å². The summed E-state index contributed by atoms with van der Waals surface area (Å²) >= 11 is 0. The minimum absolute atomic E-state index is 0.152. The molecule has 166 valence electrons. The van der Waals surface area contributed by atoms with Crippen molar-refractivity contribution >= 4 is 22.9 Å². The Morgan fingerprint density at radius 2 is 1.84 bits per heavy atom. The molecule has 5 rings (SSSR count). The van der Waals surface area contributed by atoms with Crippen molar-refractivity contribution in [2.24, 2.45) is 0 Å². The predicted molar refractivity (Wildman–Crippen MR) is 117 cm³/mol. The van der Waals surface area contributed by atoms with Crippen LogP contribution >= 0.6 is 0 Å². The molecule has 2 aromatic heterocycles. The predicted octanol–water partition coefficient (Wildman–Crippen LogP) is 2.52. The number of aryl methyl sites for hydroxylation is 1. The van der Waals surface area contributed by atoms with Gasteiger partial charge in [0, 0.05) is 39.0 Å². The monoisotopic (exact) mass is 434 g/mol. The zero-order valence-electron chi connectivity index (χ0n) is 18.2. The summed E-state index contributed by atoms with van der Waals surface area (Å²) in [4.78, 5) is 27.7. The number of aromatic nitrogens is 2. The van der Waals surface area contributed by atoms with E-state index in [1.54, 1.807) is 6.92 Å². The van der Waals surface area contributed by atoms with Crippen LogP contribution in [0, 0.1) is 18.3 Å². The lowest BCUT2D eigenvalue weighted by molar-refractivity contribution is -0.133. The summed E-state index contributed by atoms with van der Waals surface area (Å²) < 4.78 is 11.5. The Labute approximate surface area is 186 Å². The molecule has 1 aromatic carbocycles. The molecule has 2 aliphatic heterocycles. The van der Waals surface area contributed by atoms with Crippen molar-refractivity contribution in [3.05, 3.63) is 41.7 Å². The van der Waals surface area contributed by atoms with Gasteiger partial charge >= 0.3 is 0 Å². The maximum atomic E-state index is 12.9. The molecular weight excluding hydrogens is 408 g/mol. The van der Waals surface area contributed by atoms with Crippen LogP contribution in [0.4, 0.5) is 5.88 Å². The van der Waals surface area contributed by atoms with Crippen LogP contribution in [0.2, 0.25) is 0 Å². The largest absolute Gasteiger partial charge is 0.440 e. The van der Waals surface area contributed by atoms with E-state index in [0.717, 1.165) is 42.9 Å². The second-order valence-corrected chi connectivity index (χ2v) is 8.44. The number of anilines is 1. The fraction of sp³-hybridized carbons (Fsp3) is 0.478. The number of likely N-dealkylation sites (tertiary alicyclic amines) is 1. The lowest BCUT2D eigenvalue weighted by Gasteiger charge is -2.36. The zero-order valence-corrected chi connectivity index (χ0v) is 18.2. The van der Waals surface area contributed by atoms with E-state index in [-0.39, 0.29) is 5.91 Å². The highest BCUT2D eigenvalue weighted by Gasteiger charge is 2.29. The molecule has 0 radical (unpaired) electrons. The number of hydrogen-bond donors (Lipinski definition) is 0. The third-order valence-corrected chi connectivity index (χ3v) is 6.35. The van der Waals surface area contributed by atoms with E-state index >= 15 is 0 Å². The zero-order chi connectivity index (χ0) is 22.1. The van der Waals surface area contributed by atoms with Crippen LogP contribution in [-0.2, 0) is 4.79 Å². The first kappa shape index (κ1) is 20.5. The average Bonchev–Trinajstić information content (AvgIpc) is 3.43. The van der Waals surface area contributed by atoms with E-state index in [1.165, 1.54) is 0 Å². The molecule has 3 aromatic rings. The lowest BCUT2D eigenvalue weighted by Crippen LogP contribution is -2.52. The number of amides is 1. The summed E-state index contributed by atoms with van der Waals surface area (Å²) in [6.07, 6.45) is 1.88. The standard InChI is InChI=1S/C23H26N6O3/c1-16-25-19(14-24)23(31-16)29-12-10-28(11-13-29)21(30)15-27-8-6-17(7-9-27)22-26-18-4-2-3-5-20(18)32-22/h2-5,17H,6-13,15H2,1H3. The Bertz CT molecular complexity index is 1110. The van der Waals surface area contributed by atoms with E-state index in [4.69, 9.17) is 8.83 Å². The van der Waals surface area contributed by atoms with Gasteiger partial charge in [0.15, 0.2) is 17.4 Å². The fourth-order valence-corrected chi connectivity index (χ4v) is 4.56. The maximum absolute atomic E-state index is 12.9. The Balaban J connectivity index is 1.11. The minimum atomic E-state index is 0.152. The highest BCUT2D eigenvalue weighted by molar-refractivity contribution is 5.78. The Morgan fingerprint density at radius 3 is 2.56 bits per heavy atom. The van der Waals surface area contributed by atoms with Crippen LogP contribution in [-0.4, -0.2) is 71.5 Å². The summed E-state index contributed by atoms with van der Waals surface area (Å²) in [5.41, 5.74) is 2.05. The van der Waals surface area contributed by atoms with E-state index < -0.39 is 0 Å². The Kier molecular flexibility index (Phi) is 5.53. The number of para-hydroxylation sites is 2. The number of nitriles is 1. The SMILES string of the molecule is Cc1nc(C#N)c(N2CCN(C(=O)CN3CCC(c4nc5ccccc5o4)CC3)CC2)o1. The third-order valence-electron chi connectivity index (χ3n) is 6.35. The Hall–Kier alpha value is -3.38. The molecule has 2 saturated heterocycles. The van der Waals surface area contributed by atoms with Crippen LogP contribution in [0.25, 0.3) is 11.1 Å². The molecule has 0 aliphatic carbocycles. The molecule has 9 heteroatoms. The summed E-state index contributed by atoms with van der Waals surface area (Å²) in [5, 5.41) is 9.23. The van der Waals surface area contributed by atoms with Gasteiger partial charge < -0.3 is 18.6 Å². The number of rotatable bonds is 4. The first-order valence-electron chi connectivity index (χ1n) is 11.1. The van der Waals surface area contributed by atoms with Crippen molar-refractivity contribution in [1.82, 2.24) is 19.8 Å². The first-order chi connectivity index (χ1) is 15.6. The van der Waals surface area contributed by atoms with Gasteiger partial charge in [-0.05, 0) is 38.1 Å². The van der Waals surface area contributed by atoms with Gasteiger partial charge in [-0.15, -0.1) is 0 Å². The number of piperazine rings is 1. The lowest BCUT2D eigenvalue weighted by atomic mass is 9.97. The number of oxazole rings is 2. The van der Waals surface area contributed by atoms with Crippen molar-refractivity contribution < 1.29 is 13.6 Å². The van der Waals surface area contributed by atoms with Gasteiger partial charge in [0.1, 0.15) is 11.6 Å². The van der Waals surface area contributed by atoms with E-state index in [9.17, 15) is 10.1 Å². The number of piperidine rings is 1. The van der Waals surface area contributed by atoms with Gasteiger partial charge in [-0.2, -0.15) is 5.26 Å². The fourth-order valence-electron chi connectivity index (χ4n) is 4.56. The third kappa shape index (κ3) is 4.06. The molecule has 0 N–H and O–H groups in total. The molecule has 1 amide bonds. The number of nitrogens with zero attached hydrogens (tertiary/aromatic N) is 6. The topological polar surface area (TPSA) is 103 Å². The van der Waals surface area contributed by atoms with E-state index in [1.807, 2.05) is 34.1 Å². The normalized spacial score (nSPS) is 18.2. The number of hydrogen-bond acceptors (Lipinski definition) is 8. The van der Waals surface area contributed by atoms with Crippen molar-refractivity contribution in [2.75, 3.05) is 50.7 Å². The number of carbonyl (C=O) groups excluding carboxylic acids is 1. The molecule has 0 bridgehead atoms. The van der Waals surface area contributed by atoms with Gasteiger partial charge in [-0.1, -0.05) is 12.1 Å². The number of fused-ring (bicyclic) bond motifs is 1. The summed E-state index contributed by atoms with van der Waals surface area (Å²) in [7, 11) is 0. The molecule has 0 unspecified atom stereocenters. The molecule has 0 saturated carbocycles. The quantitative estimate of drug-likeness (QED) is 0.617. The van der Waals surface area contributed by atoms with Crippen molar-refractivity contribution in [3.63, 3.8) is 0 Å². The second kappa shape index (κ2) is 8.63. The summed E-state index contributed by atoms with van der Waals surface area (Å²) in [6.45, 7) is 6.38. The Morgan fingerprint density at radius 1 is 1.09 bits per heavy atom. The van der Waals surface area contributed by atoms with Crippen LogP contribution in [0.5, 0.6) is 0 Å². The van der Waals surface area contributed by atoms with Crippen LogP contribution in [0.15, 0.2) is 33.1 Å². The highest BCUT2D eigenvalue weighted by atomic mass is 16.4. The smallest absolute Gasteiger partial charge is 0.236 e. The molecule has 32 heavy (non-hydrogen) atoms. The molecule has 0 atom stereocenters. The first-order valence-corrected chi connectivity index (χ1v) is 11.1. The molecule has 9 nitrogen and oxygen atoms in total. The van der Waals surface area contributed by atoms with Crippen LogP contribution in [0.3, 0.4) is 0 Å². The van der Waals surface area contributed by atoms with E-state index in [2.05, 4.69) is 20.9 Å². The molecule has 4 heterocycles. The molecule has 2 fully saturated rings. The molecule has 0 spiro atoms. The van der Waals surface area contributed by atoms with Crippen molar-refractivity contribution in [3.8, 4) is 6.07 Å². The number of benzene rings is 1. The average molecular weight is 435 g/mol. The molecular formula is C23H26N6O3. The maximum Gasteiger partial charge on any atom is 0.236 e. The summed E-state index contributed by atoms with van der Waals surface area (Å²) in [5.74, 6) is 2.26. The van der Waals surface area contributed by atoms with Crippen LogP contribution in [0.1, 0.15) is 36.2 Å². The van der Waals surface area contributed by atoms with Crippen molar-refractivity contribution in [1.29, 1.82) is 5.26 Å². The van der Waals surface area contributed by atoms with Gasteiger partial charge in [0.05, 0.1) is 6.54 Å². The van der Waals surface area contributed by atoms with Crippen molar-refractivity contribution in [2.45, 2.75) is 25.7 Å². The minimum Gasteiger partial charge on any atom is -0.440 e. The van der Waals surface area contributed by atoms with Gasteiger partial charge in [-0.3, -0.25) is 9.69 Å². The molecule has 2 aliphatic rings. The van der Waals surface area contributed by atoms with Gasteiger partial charge in [0.2, 0.25) is 17.5 Å². The summed E-state index contributed by atoms with van der Waals surface area (Å²) in [6, 6.07) is 9.93. The van der Waals surface area contributed by atoms with Gasteiger partial charge in [0.25, 0.3) is 0 Å². The number of carbonyl (C=O) groups is 1. The van der Waals surface area contributed by atoms with Gasteiger partial charge in [-0.25, -0.2) is 9.97 Å².